The molecule has 5 nitrogen and oxygen atoms in total. The second-order valence-corrected chi connectivity index (χ2v) is 4.38. The summed E-state index contributed by atoms with van der Waals surface area (Å²) >= 11 is 1.15. The third-order valence-electron chi connectivity index (χ3n) is 2.45. The highest BCUT2D eigenvalue weighted by Crippen LogP contribution is 2.22. The molecular formula is C11H12N4OS. The molecule has 0 aliphatic heterocycles. The van der Waals surface area contributed by atoms with Gasteiger partial charge in [-0.3, -0.25) is 4.79 Å². The normalized spacial score (nSPS) is 10.2. The summed E-state index contributed by atoms with van der Waals surface area (Å²) < 4.78 is 3.65. The summed E-state index contributed by atoms with van der Waals surface area (Å²) in [6.07, 6.45) is 0. The third kappa shape index (κ3) is 2.42. The average molecular weight is 248 g/mol. The van der Waals surface area contributed by atoms with Gasteiger partial charge in [-0.2, -0.15) is 0 Å². The van der Waals surface area contributed by atoms with Gasteiger partial charge in [0, 0.05) is 16.8 Å². The first kappa shape index (κ1) is 11.5. The lowest BCUT2D eigenvalue weighted by molar-refractivity contribution is 0.102. The number of anilines is 2. The Morgan fingerprint density at radius 3 is 2.76 bits per heavy atom. The molecule has 6 heteroatoms. The molecule has 0 spiro atoms. The highest BCUT2D eigenvalue weighted by atomic mass is 32.1. The van der Waals surface area contributed by atoms with Crippen LogP contribution < -0.4 is 11.1 Å². The van der Waals surface area contributed by atoms with Gasteiger partial charge in [-0.25, -0.2) is 0 Å². The number of hydrogen-bond acceptors (Lipinski definition) is 5. The zero-order chi connectivity index (χ0) is 12.4. The maximum absolute atomic E-state index is 11.8. The molecule has 1 aromatic heterocycles. The van der Waals surface area contributed by atoms with Crippen molar-refractivity contribution >= 4 is 28.8 Å². The maximum atomic E-state index is 11.8. The van der Waals surface area contributed by atoms with Crippen LogP contribution in [0.1, 0.15) is 21.6 Å². The van der Waals surface area contributed by atoms with E-state index in [2.05, 4.69) is 14.9 Å². The Balaban J connectivity index is 2.25. The molecule has 0 saturated heterocycles. The fraction of sp³-hybridized carbons (Fsp3) is 0.182. The molecule has 0 aliphatic carbocycles. The minimum Gasteiger partial charge on any atom is -0.399 e. The first-order valence-electron chi connectivity index (χ1n) is 5.03. The number of nitrogens with zero attached hydrogens (tertiary/aromatic N) is 2. The predicted octanol–water partition coefficient (Wildman–Crippen LogP) is 1.99. The number of hydrogen-bond donors (Lipinski definition) is 2. The highest BCUT2D eigenvalue weighted by molar-refractivity contribution is 7.03. The SMILES string of the molecule is Cc1cc(NC(=O)c2csnn2)c(C)cc1N. The van der Waals surface area contributed by atoms with Crippen molar-refractivity contribution in [1.82, 2.24) is 9.59 Å². The zero-order valence-electron chi connectivity index (χ0n) is 9.52. The van der Waals surface area contributed by atoms with Crippen LogP contribution in [0, 0.1) is 13.8 Å². The van der Waals surface area contributed by atoms with Crippen molar-refractivity contribution in [3.63, 3.8) is 0 Å². The van der Waals surface area contributed by atoms with Crippen LogP contribution in [0.15, 0.2) is 17.5 Å². The van der Waals surface area contributed by atoms with E-state index in [9.17, 15) is 4.79 Å². The van der Waals surface area contributed by atoms with E-state index in [4.69, 9.17) is 5.73 Å². The number of nitrogens with two attached hydrogens (primary N) is 1. The van der Waals surface area contributed by atoms with Crippen molar-refractivity contribution in [3.8, 4) is 0 Å². The highest BCUT2D eigenvalue weighted by Gasteiger charge is 2.11. The van der Waals surface area contributed by atoms with E-state index in [0.29, 0.717) is 5.69 Å². The molecule has 3 N–H and O–H groups in total. The number of carbonyl (C=O) groups excluding carboxylic acids is 1. The van der Waals surface area contributed by atoms with E-state index >= 15 is 0 Å². The topological polar surface area (TPSA) is 80.9 Å². The van der Waals surface area contributed by atoms with Crippen molar-refractivity contribution in [2.24, 2.45) is 0 Å². The molecule has 1 aromatic carbocycles. The van der Waals surface area contributed by atoms with E-state index in [1.165, 1.54) is 0 Å². The van der Waals surface area contributed by atoms with E-state index in [-0.39, 0.29) is 5.91 Å². The lowest BCUT2D eigenvalue weighted by Gasteiger charge is -2.10. The number of benzene rings is 1. The molecule has 88 valence electrons. The number of amides is 1. The summed E-state index contributed by atoms with van der Waals surface area (Å²) in [6.45, 7) is 3.79. The minimum atomic E-state index is -0.258. The van der Waals surface area contributed by atoms with Crippen molar-refractivity contribution in [3.05, 3.63) is 34.3 Å². The Labute approximate surface area is 103 Å². The number of aryl methyl sites for hydroxylation is 2. The second kappa shape index (κ2) is 4.50. The lowest BCUT2D eigenvalue weighted by atomic mass is 10.1. The lowest BCUT2D eigenvalue weighted by Crippen LogP contribution is -2.13. The Morgan fingerprint density at radius 1 is 1.35 bits per heavy atom. The van der Waals surface area contributed by atoms with Gasteiger partial charge in [-0.15, -0.1) is 5.10 Å². The largest absolute Gasteiger partial charge is 0.399 e. The molecule has 0 bridgehead atoms. The molecule has 1 amide bonds. The standard InChI is InChI=1S/C11H12N4OS/c1-6-4-9(7(2)3-8(6)12)13-11(16)10-5-17-15-14-10/h3-5H,12H2,1-2H3,(H,13,16). The molecule has 2 rings (SSSR count). The molecule has 0 fully saturated rings. The summed E-state index contributed by atoms with van der Waals surface area (Å²) in [6, 6.07) is 3.69. The number of carbonyl (C=O) groups is 1. The molecular weight excluding hydrogens is 236 g/mol. The second-order valence-electron chi connectivity index (χ2n) is 3.77. The van der Waals surface area contributed by atoms with Gasteiger partial charge in [0.2, 0.25) is 0 Å². The van der Waals surface area contributed by atoms with Gasteiger partial charge in [-0.05, 0) is 48.6 Å². The van der Waals surface area contributed by atoms with Crippen LogP contribution in [0.5, 0.6) is 0 Å². The summed E-state index contributed by atoms with van der Waals surface area (Å²) in [4.78, 5) is 11.8. The van der Waals surface area contributed by atoms with E-state index in [0.717, 1.165) is 34.0 Å². The van der Waals surface area contributed by atoms with Crippen LogP contribution >= 0.6 is 11.5 Å². The quantitative estimate of drug-likeness (QED) is 0.796. The third-order valence-corrected chi connectivity index (χ3v) is 2.96. The summed E-state index contributed by atoms with van der Waals surface area (Å²) in [5, 5.41) is 8.11. The molecule has 0 radical (unpaired) electrons. The van der Waals surface area contributed by atoms with Crippen LogP contribution in [-0.2, 0) is 0 Å². The molecule has 17 heavy (non-hydrogen) atoms. The smallest absolute Gasteiger partial charge is 0.277 e. The summed E-state index contributed by atoms with van der Waals surface area (Å²) in [7, 11) is 0. The Hall–Kier alpha value is -1.95. The maximum Gasteiger partial charge on any atom is 0.277 e. The molecule has 0 atom stereocenters. The summed E-state index contributed by atoms with van der Waals surface area (Å²) in [5.74, 6) is -0.258. The van der Waals surface area contributed by atoms with Crippen LogP contribution in [-0.4, -0.2) is 15.5 Å². The van der Waals surface area contributed by atoms with Gasteiger partial charge in [-0.1, -0.05) is 4.49 Å². The molecule has 0 unspecified atom stereocenters. The van der Waals surface area contributed by atoms with Gasteiger partial charge in [0.25, 0.3) is 5.91 Å². The van der Waals surface area contributed by atoms with Gasteiger partial charge in [0.1, 0.15) is 0 Å². The molecule has 2 aromatic rings. The van der Waals surface area contributed by atoms with Gasteiger partial charge >= 0.3 is 0 Å². The number of aromatic nitrogens is 2. The van der Waals surface area contributed by atoms with E-state index < -0.39 is 0 Å². The van der Waals surface area contributed by atoms with E-state index in [1.807, 2.05) is 26.0 Å². The first-order valence-corrected chi connectivity index (χ1v) is 5.86. The van der Waals surface area contributed by atoms with E-state index in [1.54, 1.807) is 5.38 Å². The van der Waals surface area contributed by atoms with Crippen molar-refractivity contribution < 1.29 is 4.79 Å². The van der Waals surface area contributed by atoms with Gasteiger partial charge in [0.15, 0.2) is 5.69 Å². The number of nitrogen functional groups attached to an aromatic ring is 1. The fourth-order valence-corrected chi connectivity index (χ4v) is 1.86. The van der Waals surface area contributed by atoms with Gasteiger partial charge < -0.3 is 11.1 Å². The predicted molar refractivity (Wildman–Crippen MR) is 68.2 cm³/mol. The Kier molecular flexibility index (Phi) is 3.06. The number of nitrogens with one attached hydrogen (secondary N) is 1. The van der Waals surface area contributed by atoms with Gasteiger partial charge in [0.05, 0.1) is 0 Å². The van der Waals surface area contributed by atoms with Crippen molar-refractivity contribution in [2.75, 3.05) is 11.1 Å². The minimum absolute atomic E-state index is 0.258. The van der Waals surface area contributed by atoms with Crippen molar-refractivity contribution in [1.29, 1.82) is 0 Å². The van der Waals surface area contributed by atoms with Crippen LogP contribution in [0.25, 0.3) is 0 Å². The molecule has 0 aliphatic rings. The first-order chi connectivity index (χ1) is 8.08. The Morgan fingerprint density at radius 2 is 2.12 bits per heavy atom. The number of rotatable bonds is 2. The average Bonchev–Trinajstić information content (AvgIpc) is 2.79. The molecule has 1 heterocycles. The fourth-order valence-electron chi connectivity index (χ4n) is 1.42. The Bertz CT molecular complexity index is 551. The van der Waals surface area contributed by atoms with Crippen LogP contribution in [0.2, 0.25) is 0 Å². The van der Waals surface area contributed by atoms with Crippen molar-refractivity contribution in [2.45, 2.75) is 13.8 Å². The zero-order valence-corrected chi connectivity index (χ0v) is 10.3. The summed E-state index contributed by atoms with van der Waals surface area (Å²) in [5.41, 5.74) is 9.42. The monoisotopic (exact) mass is 248 g/mol. The van der Waals surface area contributed by atoms with Crippen LogP contribution in [0.4, 0.5) is 11.4 Å². The molecule has 0 saturated carbocycles. The van der Waals surface area contributed by atoms with Crippen LogP contribution in [0.3, 0.4) is 0 Å².